The average molecular weight is 294 g/mol. The smallest absolute Gasteiger partial charge is 0.156 e. The summed E-state index contributed by atoms with van der Waals surface area (Å²) in [6, 6.07) is 1.81. The molecule has 0 unspecified atom stereocenters. The summed E-state index contributed by atoms with van der Waals surface area (Å²) in [5.74, 6) is 0.752. The third-order valence-electron chi connectivity index (χ3n) is 2.61. The molecule has 0 amide bonds. The highest BCUT2D eigenvalue weighted by molar-refractivity contribution is 9.10. The van der Waals surface area contributed by atoms with E-state index in [1.165, 1.54) is 0 Å². The Kier molecular flexibility index (Phi) is 3.11. The maximum Gasteiger partial charge on any atom is 0.156 e. The van der Waals surface area contributed by atoms with E-state index in [2.05, 4.69) is 26.0 Å². The van der Waals surface area contributed by atoms with E-state index in [-0.39, 0.29) is 0 Å². The summed E-state index contributed by atoms with van der Waals surface area (Å²) in [5, 5.41) is 4.42. The number of rotatable bonds is 2. The summed E-state index contributed by atoms with van der Waals surface area (Å²) in [5.41, 5.74) is 3.42. The van der Waals surface area contributed by atoms with E-state index in [9.17, 15) is 4.79 Å². The van der Waals surface area contributed by atoms with Gasteiger partial charge in [0.25, 0.3) is 0 Å². The number of aryl methyl sites for hydroxylation is 2. The van der Waals surface area contributed by atoms with E-state index >= 15 is 0 Å². The Balaban J connectivity index is 2.60. The quantitative estimate of drug-likeness (QED) is 0.800. The minimum atomic E-state index is 0.576. The van der Waals surface area contributed by atoms with Crippen molar-refractivity contribution in [2.75, 3.05) is 0 Å². The van der Waals surface area contributed by atoms with Gasteiger partial charge in [-0.1, -0.05) is 0 Å². The van der Waals surface area contributed by atoms with E-state index < -0.39 is 0 Å². The number of hydrogen-bond donors (Lipinski definition) is 0. The summed E-state index contributed by atoms with van der Waals surface area (Å²) in [4.78, 5) is 14.9. The second-order valence-electron chi connectivity index (χ2n) is 3.92. The molecule has 0 N–H and O–H groups in total. The SMILES string of the molecule is Cc1cc(C=O)cnc1-n1nc(C)c(Br)c1C. The van der Waals surface area contributed by atoms with Crippen LogP contribution in [0, 0.1) is 20.8 Å². The van der Waals surface area contributed by atoms with Crippen molar-refractivity contribution in [2.24, 2.45) is 0 Å². The van der Waals surface area contributed by atoms with Gasteiger partial charge in [0, 0.05) is 11.8 Å². The van der Waals surface area contributed by atoms with Crippen LogP contribution in [-0.4, -0.2) is 21.1 Å². The highest BCUT2D eigenvalue weighted by Crippen LogP contribution is 2.23. The van der Waals surface area contributed by atoms with Gasteiger partial charge in [-0.15, -0.1) is 0 Å². The van der Waals surface area contributed by atoms with Crippen LogP contribution in [-0.2, 0) is 0 Å². The van der Waals surface area contributed by atoms with Crippen molar-refractivity contribution in [3.8, 4) is 5.82 Å². The van der Waals surface area contributed by atoms with Gasteiger partial charge in [0.2, 0.25) is 0 Å². The van der Waals surface area contributed by atoms with E-state index in [0.717, 1.165) is 33.5 Å². The molecule has 0 aliphatic heterocycles. The number of aldehydes is 1. The number of halogens is 1. The van der Waals surface area contributed by atoms with Crippen molar-refractivity contribution in [1.82, 2.24) is 14.8 Å². The fourth-order valence-electron chi connectivity index (χ4n) is 1.71. The summed E-state index contributed by atoms with van der Waals surface area (Å²) >= 11 is 3.48. The lowest BCUT2D eigenvalue weighted by atomic mass is 10.2. The van der Waals surface area contributed by atoms with Gasteiger partial charge in [-0.25, -0.2) is 9.67 Å². The number of nitrogens with zero attached hydrogens (tertiary/aromatic N) is 3. The molecular weight excluding hydrogens is 282 g/mol. The lowest BCUT2D eigenvalue weighted by Crippen LogP contribution is -2.05. The Morgan fingerprint density at radius 2 is 2.06 bits per heavy atom. The molecule has 0 saturated carbocycles. The second-order valence-corrected chi connectivity index (χ2v) is 4.72. The van der Waals surface area contributed by atoms with E-state index in [1.54, 1.807) is 16.9 Å². The fraction of sp³-hybridized carbons (Fsp3) is 0.250. The van der Waals surface area contributed by atoms with Crippen molar-refractivity contribution < 1.29 is 4.79 Å². The Labute approximate surface area is 108 Å². The molecule has 2 rings (SSSR count). The third-order valence-corrected chi connectivity index (χ3v) is 3.76. The fourth-order valence-corrected chi connectivity index (χ4v) is 1.95. The van der Waals surface area contributed by atoms with Crippen LogP contribution in [0.5, 0.6) is 0 Å². The molecule has 2 heterocycles. The molecule has 0 fully saturated rings. The zero-order valence-corrected chi connectivity index (χ0v) is 11.4. The second kappa shape index (κ2) is 4.41. The van der Waals surface area contributed by atoms with Crippen LogP contribution in [0.25, 0.3) is 5.82 Å². The van der Waals surface area contributed by atoms with Crippen molar-refractivity contribution in [3.63, 3.8) is 0 Å². The minimum absolute atomic E-state index is 0.576. The van der Waals surface area contributed by atoms with Crippen LogP contribution in [0.2, 0.25) is 0 Å². The topological polar surface area (TPSA) is 47.8 Å². The Hall–Kier alpha value is -1.49. The molecule has 17 heavy (non-hydrogen) atoms. The van der Waals surface area contributed by atoms with Crippen LogP contribution >= 0.6 is 15.9 Å². The molecule has 0 radical (unpaired) electrons. The zero-order valence-electron chi connectivity index (χ0n) is 9.86. The Morgan fingerprint density at radius 3 is 2.53 bits per heavy atom. The molecule has 0 bridgehead atoms. The molecule has 2 aromatic heterocycles. The first kappa shape index (κ1) is 12.0. The van der Waals surface area contributed by atoms with Crippen LogP contribution in [0.4, 0.5) is 0 Å². The molecule has 0 aromatic carbocycles. The summed E-state index contributed by atoms with van der Waals surface area (Å²) in [7, 11) is 0. The van der Waals surface area contributed by atoms with E-state index in [0.29, 0.717) is 5.56 Å². The maximum atomic E-state index is 10.7. The average Bonchev–Trinajstić information content (AvgIpc) is 2.57. The molecule has 5 heteroatoms. The van der Waals surface area contributed by atoms with Gasteiger partial charge in [-0.3, -0.25) is 4.79 Å². The predicted molar refractivity (Wildman–Crippen MR) is 68.7 cm³/mol. The molecule has 2 aromatic rings. The standard InChI is InChI=1S/C12H12BrN3O/c1-7-4-10(6-17)5-14-12(7)16-9(3)11(13)8(2)15-16/h4-6H,1-3H3. The van der Waals surface area contributed by atoms with Crippen molar-refractivity contribution in [2.45, 2.75) is 20.8 Å². The van der Waals surface area contributed by atoms with E-state index in [1.807, 2.05) is 20.8 Å². The number of carbonyl (C=O) groups excluding carboxylic acids is 1. The van der Waals surface area contributed by atoms with Gasteiger partial charge >= 0.3 is 0 Å². The minimum Gasteiger partial charge on any atom is -0.298 e. The van der Waals surface area contributed by atoms with Crippen LogP contribution in [0.15, 0.2) is 16.7 Å². The van der Waals surface area contributed by atoms with Gasteiger partial charge < -0.3 is 0 Å². The third kappa shape index (κ3) is 2.02. The first-order valence-electron chi connectivity index (χ1n) is 5.18. The van der Waals surface area contributed by atoms with E-state index in [4.69, 9.17) is 0 Å². The molecule has 4 nitrogen and oxygen atoms in total. The first-order valence-corrected chi connectivity index (χ1v) is 5.98. The number of carbonyl (C=O) groups is 1. The highest BCUT2D eigenvalue weighted by atomic mass is 79.9. The monoisotopic (exact) mass is 293 g/mol. The van der Waals surface area contributed by atoms with Gasteiger partial charge in [-0.05, 0) is 48.3 Å². The van der Waals surface area contributed by atoms with Gasteiger partial charge in [0.1, 0.15) is 0 Å². The molecule has 0 atom stereocenters. The first-order chi connectivity index (χ1) is 8.04. The lowest BCUT2D eigenvalue weighted by molar-refractivity contribution is 0.112. The molecule has 88 valence electrons. The Morgan fingerprint density at radius 1 is 1.35 bits per heavy atom. The summed E-state index contributed by atoms with van der Waals surface area (Å²) in [6.45, 7) is 5.82. The summed E-state index contributed by atoms with van der Waals surface area (Å²) < 4.78 is 2.77. The van der Waals surface area contributed by atoms with Crippen molar-refractivity contribution in [1.29, 1.82) is 0 Å². The van der Waals surface area contributed by atoms with Crippen LogP contribution in [0.1, 0.15) is 27.3 Å². The van der Waals surface area contributed by atoms with Crippen LogP contribution < -0.4 is 0 Å². The molecule has 0 spiro atoms. The highest BCUT2D eigenvalue weighted by Gasteiger charge is 2.13. The Bertz CT molecular complexity index is 590. The number of pyridine rings is 1. The molecule has 0 saturated heterocycles. The van der Waals surface area contributed by atoms with Crippen molar-refractivity contribution in [3.05, 3.63) is 39.3 Å². The van der Waals surface area contributed by atoms with Crippen molar-refractivity contribution >= 4 is 22.2 Å². The van der Waals surface area contributed by atoms with Gasteiger partial charge in [-0.2, -0.15) is 5.10 Å². The number of hydrogen-bond acceptors (Lipinski definition) is 3. The maximum absolute atomic E-state index is 10.7. The molecule has 0 aliphatic carbocycles. The summed E-state index contributed by atoms with van der Waals surface area (Å²) in [6.07, 6.45) is 2.35. The van der Waals surface area contributed by atoms with Gasteiger partial charge in [0.05, 0.1) is 15.9 Å². The zero-order chi connectivity index (χ0) is 12.6. The molecule has 0 aliphatic rings. The van der Waals surface area contributed by atoms with Gasteiger partial charge in [0.15, 0.2) is 12.1 Å². The normalized spacial score (nSPS) is 10.6. The largest absolute Gasteiger partial charge is 0.298 e. The number of aromatic nitrogens is 3. The lowest BCUT2D eigenvalue weighted by Gasteiger charge is -2.07. The predicted octanol–water partition coefficient (Wildman–Crippen LogP) is 2.77. The van der Waals surface area contributed by atoms with Crippen LogP contribution in [0.3, 0.4) is 0 Å². The molecular formula is C12H12BrN3O.